The molecule has 0 atom stereocenters. The van der Waals surface area contributed by atoms with Gasteiger partial charge in [0.15, 0.2) is 5.75 Å². The van der Waals surface area contributed by atoms with E-state index >= 15 is 0 Å². The zero-order valence-corrected chi connectivity index (χ0v) is 17.9. The van der Waals surface area contributed by atoms with Crippen molar-refractivity contribution in [1.82, 2.24) is 5.32 Å². The molecule has 0 radical (unpaired) electrons. The second kappa shape index (κ2) is 10.2. The molecular formula is C22H16Cl3N3O2. The molecular weight excluding hydrogens is 445 g/mol. The molecule has 2 N–H and O–H groups in total. The van der Waals surface area contributed by atoms with Crippen molar-refractivity contribution in [3.63, 3.8) is 0 Å². The van der Waals surface area contributed by atoms with Gasteiger partial charge in [-0.15, -0.1) is 0 Å². The standard InChI is InChI=1S/C22H16Cl3N3O2/c23-18-4-2-1-3-16(18)12-27-22(29)28-17-9-19(24)21(20(25)10-17)30-13-15-7-5-14(11-26)6-8-15/h1-10H,12-13H2,(H2,27,28,29). The molecule has 0 aliphatic heterocycles. The molecule has 0 aromatic heterocycles. The minimum absolute atomic E-state index is 0.232. The van der Waals surface area contributed by atoms with Crippen molar-refractivity contribution in [1.29, 1.82) is 5.26 Å². The number of urea groups is 1. The molecule has 152 valence electrons. The fourth-order valence-electron chi connectivity index (χ4n) is 2.59. The lowest BCUT2D eigenvalue weighted by Crippen LogP contribution is -2.28. The first-order valence-corrected chi connectivity index (χ1v) is 9.99. The molecule has 2 amide bonds. The van der Waals surface area contributed by atoms with Crippen LogP contribution in [-0.4, -0.2) is 6.03 Å². The summed E-state index contributed by atoms with van der Waals surface area (Å²) in [6.45, 7) is 0.509. The van der Waals surface area contributed by atoms with Gasteiger partial charge in [0, 0.05) is 17.3 Å². The number of hydrogen-bond donors (Lipinski definition) is 2. The van der Waals surface area contributed by atoms with Crippen LogP contribution in [0.1, 0.15) is 16.7 Å². The maximum Gasteiger partial charge on any atom is 0.319 e. The molecule has 0 bridgehead atoms. The highest BCUT2D eigenvalue weighted by Gasteiger charge is 2.12. The zero-order valence-electron chi connectivity index (χ0n) is 15.6. The van der Waals surface area contributed by atoms with Crippen molar-refractivity contribution >= 4 is 46.5 Å². The minimum atomic E-state index is -0.423. The average Bonchev–Trinajstić information content (AvgIpc) is 2.73. The molecule has 0 spiro atoms. The first-order chi connectivity index (χ1) is 14.5. The molecule has 8 heteroatoms. The van der Waals surface area contributed by atoms with E-state index in [1.54, 1.807) is 42.5 Å². The number of ether oxygens (including phenoxy) is 1. The number of carbonyl (C=O) groups excluding carboxylic acids is 1. The zero-order chi connectivity index (χ0) is 21.5. The van der Waals surface area contributed by atoms with E-state index in [-0.39, 0.29) is 23.2 Å². The fourth-order valence-corrected chi connectivity index (χ4v) is 3.39. The number of halogens is 3. The van der Waals surface area contributed by atoms with Gasteiger partial charge in [-0.05, 0) is 41.5 Å². The second-order valence-electron chi connectivity index (χ2n) is 6.27. The van der Waals surface area contributed by atoms with E-state index in [4.69, 9.17) is 44.8 Å². The molecule has 0 heterocycles. The van der Waals surface area contributed by atoms with Gasteiger partial charge in [0.2, 0.25) is 0 Å². The maximum absolute atomic E-state index is 12.2. The third-order valence-electron chi connectivity index (χ3n) is 4.12. The van der Waals surface area contributed by atoms with Gasteiger partial charge in [0.1, 0.15) is 6.61 Å². The van der Waals surface area contributed by atoms with Crippen LogP contribution in [0, 0.1) is 11.3 Å². The Kier molecular flexibility index (Phi) is 7.42. The summed E-state index contributed by atoms with van der Waals surface area (Å²) in [4.78, 5) is 12.2. The highest BCUT2D eigenvalue weighted by atomic mass is 35.5. The van der Waals surface area contributed by atoms with Crippen LogP contribution in [0.2, 0.25) is 15.1 Å². The Hall–Kier alpha value is -2.91. The summed E-state index contributed by atoms with van der Waals surface area (Å²) >= 11 is 18.6. The smallest absolute Gasteiger partial charge is 0.319 e. The van der Waals surface area contributed by atoms with E-state index < -0.39 is 6.03 Å². The Labute approximate surface area is 189 Å². The van der Waals surface area contributed by atoms with Crippen LogP contribution < -0.4 is 15.4 Å². The van der Waals surface area contributed by atoms with Gasteiger partial charge in [-0.2, -0.15) is 5.26 Å². The predicted octanol–water partition coefficient (Wildman–Crippen LogP) is 6.42. The van der Waals surface area contributed by atoms with Crippen molar-refractivity contribution in [2.24, 2.45) is 0 Å². The van der Waals surface area contributed by atoms with Gasteiger partial charge < -0.3 is 15.4 Å². The van der Waals surface area contributed by atoms with Crippen LogP contribution in [0.25, 0.3) is 0 Å². The number of nitrogens with zero attached hydrogens (tertiary/aromatic N) is 1. The third kappa shape index (κ3) is 5.80. The number of hydrogen-bond acceptors (Lipinski definition) is 3. The first kappa shape index (κ1) is 21.8. The Morgan fingerprint density at radius 3 is 2.27 bits per heavy atom. The number of rotatable bonds is 6. The molecule has 30 heavy (non-hydrogen) atoms. The van der Waals surface area contributed by atoms with Gasteiger partial charge in [-0.25, -0.2) is 4.79 Å². The van der Waals surface area contributed by atoms with E-state index in [0.29, 0.717) is 22.0 Å². The van der Waals surface area contributed by atoms with E-state index in [1.165, 1.54) is 0 Å². The summed E-state index contributed by atoms with van der Waals surface area (Å²) < 4.78 is 5.72. The first-order valence-electron chi connectivity index (χ1n) is 8.85. The molecule has 3 aromatic rings. The average molecular weight is 461 g/mol. The third-order valence-corrected chi connectivity index (χ3v) is 5.05. The van der Waals surface area contributed by atoms with Gasteiger partial charge in [0.25, 0.3) is 0 Å². The molecule has 0 saturated heterocycles. The molecule has 0 aliphatic rings. The lowest BCUT2D eigenvalue weighted by Gasteiger charge is -2.13. The number of amides is 2. The van der Waals surface area contributed by atoms with Crippen LogP contribution in [-0.2, 0) is 13.2 Å². The van der Waals surface area contributed by atoms with E-state index in [2.05, 4.69) is 16.7 Å². The SMILES string of the molecule is N#Cc1ccc(COc2c(Cl)cc(NC(=O)NCc3ccccc3Cl)cc2Cl)cc1. The number of carbonyl (C=O) groups is 1. The van der Waals surface area contributed by atoms with E-state index in [0.717, 1.165) is 11.1 Å². The van der Waals surface area contributed by atoms with Crippen LogP contribution in [0.3, 0.4) is 0 Å². The van der Waals surface area contributed by atoms with Crippen molar-refractivity contribution in [2.45, 2.75) is 13.2 Å². The second-order valence-corrected chi connectivity index (χ2v) is 7.49. The normalized spacial score (nSPS) is 10.2. The van der Waals surface area contributed by atoms with Crippen molar-refractivity contribution in [3.8, 4) is 11.8 Å². The lowest BCUT2D eigenvalue weighted by molar-refractivity contribution is 0.251. The number of benzene rings is 3. The summed E-state index contributed by atoms with van der Waals surface area (Å²) in [5.74, 6) is 0.310. The van der Waals surface area contributed by atoms with Crippen LogP contribution in [0.15, 0.2) is 60.7 Å². The highest BCUT2D eigenvalue weighted by Crippen LogP contribution is 2.36. The molecule has 0 saturated carbocycles. The number of nitriles is 1. The Balaban J connectivity index is 1.60. The van der Waals surface area contributed by atoms with Gasteiger partial charge in [-0.1, -0.05) is 65.1 Å². The minimum Gasteiger partial charge on any atom is -0.486 e. The fraction of sp³-hybridized carbons (Fsp3) is 0.0909. The summed E-state index contributed by atoms with van der Waals surface area (Å²) in [7, 11) is 0. The molecule has 3 aromatic carbocycles. The lowest BCUT2D eigenvalue weighted by atomic mass is 10.1. The molecule has 0 aliphatic carbocycles. The van der Waals surface area contributed by atoms with Gasteiger partial charge in [0.05, 0.1) is 21.7 Å². The van der Waals surface area contributed by atoms with Gasteiger partial charge in [-0.3, -0.25) is 0 Å². The van der Waals surface area contributed by atoms with Crippen LogP contribution >= 0.6 is 34.8 Å². The van der Waals surface area contributed by atoms with Crippen molar-refractivity contribution in [3.05, 3.63) is 92.4 Å². The number of anilines is 1. The molecule has 0 unspecified atom stereocenters. The topological polar surface area (TPSA) is 74.1 Å². The van der Waals surface area contributed by atoms with Gasteiger partial charge >= 0.3 is 6.03 Å². The summed E-state index contributed by atoms with van der Waals surface area (Å²) in [5.41, 5.74) is 2.66. The summed E-state index contributed by atoms with van der Waals surface area (Å²) in [5, 5.41) is 15.3. The summed E-state index contributed by atoms with van der Waals surface area (Å²) in [6.07, 6.45) is 0. The largest absolute Gasteiger partial charge is 0.486 e. The predicted molar refractivity (Wildman–Crippen MR) is 119 cm³/mol. The Bertz CT molecular complexity index is 1070. The Morgan fingerprint density at radius 2 is 1.63 bits per heavy atom. The highest BCUT2D eigenvalue weighted by molar-refractivity contribution is 6.37. The monoisotopic (exact) mass is 459 g/mol. The molecule has 0 fully saturated rings. The number of nitrogens with one attached hydrogen (secondary N) is 2. The van der Waals surface area contributed by atoms with Crippen LogP contribution in [0.4, 0.5) is 10.5 Å². The molecule has 5 nitrogen and oxygen atoms in total. The Morgan fingerprint density at radius 1 is 0.967 bits per heavy atom. The van der Waals surface area contributed by atoms with Crippen molar-refractivity contribution in [2.75, 3.05) is 5.32 Å². The van der Waals surface area contributed by atoms with Crippen LogP contribution in [0.5, 0.6) is 5.75 Å². The quantitative estimate of drug-likeness (QED) is 0.446. The van der Waals surface area contributed by atoms with E-state index in [9.17, 15) is 4.79 Å². The van der Waals surface area contributed by atoms with Crippen molar-refractivity contribution < 1.29 is 9.53 Å². The van der Waals surface area contributed by atoms with E-state index in [1.807, 2.05) is 18.2 Å². The summed E-state index contributed by atoms with van der Waals surface area (Å²) in [6, 6.07) is 19.0. The molecule has 3 rings (SSSR count). The maximum atomic E-state index is 12.2.